The number of carbonyl (C=O) groups is 1. The molecule has 0 atom stereocenters. The first-order valence-corrected chi connectivity index (χ1v) is 9.19. The number of rotatable bonds is 9. The Morgan fingerprint density at radius 3 is 2.56 bits per heavy atom. The highest BCUT2D eigenvalue weighted by molar-refractivity contribution is 7.16. The van der Waals surface area contributed by atoms with Gasteiger partial charge in [0.2, 0.25) is 5.91 Å². The van der Waals surface area contributed by atoms with Gasteiger partial charge >= 0.3 is 0 Å². The van der Waals surface area contributed by atoms with E-state index >= 15 is 0 Å². The highest BCUT2D eigenvalue weighted by Crippen LogP contribution is 2.23. The van der Waals surface area contributed by atoms with E-state index in [1.54, 1.807) is 12.1 Å². The summed E-state index contributed by atoms with van der Waals surface area (Å²) in [5.74, 6) is 0.109. The van der Waals surface area contributed by atoms with Gasteiger partial charge in [0, 0.05) is 42.2 Å². The minimum Gasteiger partial charge on any atom is -0.385 e. The molecule has 0 radical (unpaired) electrons. The standard InChI is InChI=1S/C17H20ClN3O3S/c1-2-20(12-15-9-10-16(18)25-15)17(22)4-3-11-19-13-5-7-14(8-6-13)21(23)24/h5-10,19H,2-4,11-12H2,1H3. The van der Waals surface area contributed by atoms with Gasteiger partial charge in [0.1, 0.15) is 0 Å². The molecule has 2 rings (SSSR count). The molecule has 0 aliphatic carbocycles. The average Bonchev–Trinajstić information content (AvgIpc) is 3.01. The monoisotopic (exact) mass is 381 g/mol. The molecule has 0 bridgehead atoms. The summed E-state index contributed by atoms with van der Waals surface area (Å²) in [4.78, 5) is 25.4. The zero-order chi connectivity index (χ0) is 18.2. The Hall–Kier alpha value is -2.12. The zero-order valence-corrected chi connectivity index (χ0v) is 15.5. The van der Waals surface area contributed by atoms with E-state index in [4.69, 9.17) is 11.6 Å². The smallest absolute Gasteiger partial charge is 0.269 e. The number of anilines is 1. The van der Waals surface area contributed by atoms with E-state index in [9.17, 15) is 14.9 Å². The van der Waals surface area contributed by atoms with Crippen molar-refractivity contribution in [2.24, 2.45) is 0 Å². The minimum atomic E-state index is -0.428. The van der Waals surface area contributed by atoms with Crippen molar-refractivity contribution in [3.05, 3.63) is 55.7 Å². The lowest BCUT2D eigenvalue weighted by Gasteiger charge is -2.20. The maximum atomic E-state index is 12.3. The van der Waals surface area contributed by atoms with Gasteiger partial charge in [0.05, 0.1) is 15.8 Å². The third kappa shape index (κ3) is 6.03. The number of nitro groups is 1. The largest absolute Gasteiger partial charge is 0.385 e. The summed E-state index contributed by atoms with van der Waals surface area (Å²) in [5, 5.41) is 13.8. The van der Waals surface area contributed by atoms with Gasteiger partial charge in [-0.05, 0) is 37.6 Å². The molecule has 0 saturated carbocycles. The molecule has 1 aromatic heterocycles. The average molecular weight is 382 g/mol. The predicted molar refractivity (Wildman–Crippen MR) is 101 cm³/mol. The van der Waals surface area contributed by atoms with Crippen LogP contribution < -0.4 is 5.32 Å². The summed E-state index contributed by atoms with van der Waals surface area (Å²) in [6.07, 6.45) is 1.14. The third-order valence-corrected chi connectivity index (χ3v) is 4.90. The predicted octanol–water partition coefficient (Wildman–Crippen LogP) is 4.55. The van der Waals surface area contributed by atoms with Crippen LogP contribution in [0.15, 0.2) is 36.4 Å². The van der Waals surface area contributed by atoms with Crippen LogP contribution in [0.4, 0.5) is 11.4 Å². The molecule has 0 aliphatic rings. The molecule has 0 fully saturated rings. The number of nitro benzene ring substituents is 1. The van der Waals surface area contributed by atoms with E-state index in [0.717, 1.165) is 14.9 Å². The van der Waals surface area contributed by atoms with Crippen LogP contribution in [0, 0.1) is 10.1 Å². The van der Waals surface area contributed by atoms with E-state index in [2.05, 4.69) is 5.32 Å². The molecule has 1 heterocycles. The highest BCUT2D eigenvalue weighted by Gasteiger charge is 2.13. The molecule has 1 aromatic carbocycles. The van der Waals surface area contributed by atoms with Gasteiger partial charge in [-0.25, -0.2) is 0 Å². The topological polar surface area (TPSA) is 75.5 Å². The number of amides is 1. The van der Waals surface area contributed by atoms with Gasteiger partial charge in [0.25, 0.3) is 5.69 Å². The number of hydrogen-bond acceptors (Lipinski definition) is 5. The summed E-state index contributed by atoms with van der Waals surface area (Å²) < 4.78 is 0.728. The van der Waals surface area contributed by atoms with Crippen molar-refractivity contribution in [3.8, 4) is 0 Å². The number of nitrogens with one attached hydrogen (secondary N) is 1. The van der Waals surface area contributed by atoms with Crippen LogP contribution in [-0.4, -0.2) is 28.8 Å². The van der Waals surface area contributed by atoms with Crippen LogP contribution in [-0.2, 0) is 11.3 Å². The van der Waals surface area contributed by atoms with Gasteiger partial charge in [-0.1, -0.05) is 11.6 Å². The van der Waals surface area contributed by atoms with E-state index in [1.165, 1.54) is 23.5 Å². The lowest BCUT2D eigenvalue weighted by Crippen LogP contribution is -2.30. The maximum Gasteiger partial charge on any atom is 0.269 e. The summed E-state index contributed by atoms with van der Waals surface area (Å²) in [7, 11) is 0. The lowest BCUT2D eigenvalue weighted by molar-refractivity contribution is -0.384. The molecular weight excluding hydrogens is 362 g/mol. The van der Waals surface area contributed by atoms with Crippen molar-refractivity contribution < 1.29 is 9.72 Å². The second kappa shape index (κ2) is 9.39. The fourth-order valence-corrected chi connectivity index (χ4v) is 3.44. The second-order valence-electron chi connectivity index (χ2n) is 5.45. The Labute approximate surface area is 155 Å². The quantitative estimate of drug-likeness (QED) is 0.392. The van der Waals surface area contributed by atoms with Crippen LogP contribution in [0.25, 0.3) is 0 Å². The SMILES string of the molecule is CCN(Cc1ccc(Cl)s1)C(=O)CCCNc1ccc([N+](=O)[O-])cc1. The van der Waals surface area contributed by atoms with Crippen LogP contribution in [0.1, 0.15) is 24.6 Å². The Morgan fingerprint density at radius 2 is 2.00 bits per heavy atom. The molecule has 0 unspecified atom stereocenters. The van der Waals surface area contributed by atoms with E-state index in [0.29, 0.717) is 32.5 Å². The summed E-state index contributed by atoms with van der Waals surface area (Å²) in [6.45, 7) is 3.83. The molecule has 6 nitrogen and oxygen atoms in total. The second-order valence-corrected chi connectivity index (χ2v) is 7.25. The van der Waals surface area contributed by atoms with Crippen molar-refractivity contribution in [2.45, 2.75) is 26.3 Å². The summed E-state index contributed by atoms with van der Waals surface area (Å²) >= 11 is 7.41. The molecule has 1 N–H and O–H groups in total. The molecule has 8 heteroatoms. The number of non-ortho nitro benzene ring substituents is 1. The normalized spacial score (nSPS) is 10.5. The Morgan fingerprint density at radius 1 is 1.28 bits per heavy atom. The van der Waals surface area contributed by atoms with Crippen molar-refractivity contribution in [3.63, 3.8) is 0 Å². The number of nitrogens with zero attached hydrogens (tertiary/aromatic N) is 2. The van der Waals surface area contributed by atoms with Crippen LogP contribution in [0.3, 0.4) is 0 Å². The van der Waals surface area contributed by atoms with Gasteiger partial charge in [-0.2, -0.15) is 0 Å². The van der Waals surface area contributed by atoms with Crippen molar-refractivity contribution >= 4 is 40.2 Å². The first-order chi connectivity index (χ1) is 12.0. The maximum absolute atomic E-state index is 12.3. The minimum absolute atomic E-state index is 0.0630. The fourth-order valence-electron chi connectivity index (χ4n) is 2.33. The van der Waals surface area contributed by atoms with Crippen molar-refractivity contribution in [1.29, 1.82) is 0 Å². The molecule has 25 heavy (non-hydrogen) atoms. The Bertz CT molecular complexity index is 718. The number of carbonyl (C=O) groups excluding carboxylic acids is 1. The first-order valence-electron chi connectivity index (χ1n) is 8.00. The van der Waals surface area contributed by atoms with Crippen LogP contribution in [0.2, 0.25) is 4.34 Å². The van der Waals surface area contributed by atoms with Crippen LogP contribution >= 0.6 is 22.9 Å². The molecule has 2 aromatic rings. The zero-order valence-electron chi connectivity index (χ0n) is 13.9. The number of benzene rings is 1. The summed E-state index contributed by atoms with van der Waals surface area (Å²) in [5.41, 5.74) is 0.867. The van der Waals surface area contributed by atoms with E-state index < -0.39 is 4.92 Å². The molecule has 0 saturated heterocycles. The van der Waals surface area contributed by atoms with Crippen molar-refractivity contribution in [1.82, 2.24) is 4.90 Å². The number of thiophene rings is 1. The number of hydrogen-bond donors (Lipinski definition) is 1. The van der Waals surface area contributed by atoms with Gasteiger partial charge in [-0.3, -0.25) is 14.9 Å². The van der Waals surface area contributed by atoms with E-state index in [1.807, 2.05) is 24.0 Å². The first kappa shape index (κ1) is 19.2. The Kier molecular flexibility index (Phi) is 7.21. The number of halogens is 1. The lowest BCUT2D eigenvalue weighted by atomic mass is 10.2. The van der Waals surface area contributed by atoms with E-state index in [-0.39, 0.29) is 11.6 Å². The summed E-state index contributed by atoms with van der Waals surface area (Å²) in [6, 6.07) is 10.0. The Balaban J connectivity index is 1.74. The van der Waals surface area contributed by atoms with Crippen molar-refractivity contribution in [2.75, 3.05) is 18.4 Å². The van der Waals surface area contributed by atoms with Gasteiger partial charge < -0.3 is 10.2 Å². The van der Waals surface area contributed by atoms with Gasteiger partial charge in [-0.15, -0.1) is 11.3 Å². The molecule has 0 aliphatic heterocycles. The van der Waals surface area contributed by atoms with Gasteiger partial charge in [0.15, 0.2) is 0 Å². The molecule has 134 valence electrons. The molecular formula is C17H20ClN3O3S. The fraction of sp³-hybridized carbons (Fsp3) is 0.353. The molecule has 1 amide bonds. The highest BCUT2D eigenvalue weighted by atomic mass is 35.5. The third-order valence-electron chi connectivity index (χ3n) is 3.68. The molecule has 0 spiro atoms. The van der Waals surface area contributed by atoms with Crippen LogP contribution in [0.5, 0.6) is 0 Å².